The highest BCUT2D eigenvalue weighted by atomic mass is 16.4. The molecule has 4 unspecified atom stereocenters. The van der Waals surface area contributed by atoms with Crippen LogP contribution in [0.5, 0.6) is 0 Å². The standard InChI is InChI=1S/C19H21NO8/c1-16(2)10(12(21)22)18(16,14(25)26)8-5-6-9(20-7-8)19(15(27)28)11(13(23)24)17(19,3)4/h5-7,10-11H,1-4H3,(H,21,22)(H,23,24)(H,25,26)(H,27,28). The molecule has 9 heteroatoms. The highest BCUT2D eigenvalue weighted by Crippen LogP contribution is 2.71. The Balaban J connectivity index is 2.10. The molecule has 150 valence electrons. The summed E-state index contributed by atoms with van der Waals surface area (Å²) in [7, 11) is 0. The van der Waals surface area contributed by atoms with E-state index in [-0.39, 0.29) is 11.3 Å². The van der Waals surface area contributed by atoms with Gasteiger partial charge in [0.1, 0.15) is 10.8 Å². The normalized spacial score (nSPS) is 34.3. The van der Waals surface area contributed by atoms with Crippen LogP contribution in [0.1, 0.15) is 39.0 Å². The largest absolute Gasteiger partial charge is 0.481 e. The molecule has 2 aliphatic carbocycles. The molecule has 2 saturated carbocycles. The topological polar surface area (TPSA) is 162 Å². The fraction of sp³-hybridized carbons (Fsp3) is 0.526. The van der Waals surface area contributed by atoms with Crippen molar-refractivity contribution in [3.63, 3.8) is 0 Å². The summed E-state index contributed by atoms with van der Waals surface area (Å²) in [5.74, 6) is -7.48. The zero-order valence-electron chi connectivity index (χ0n) is 15.8. The van der Waals surface area contributed by atoms with E-state index in [0.717, 1.165) is 6.20 Å². The molecule has 0 aromatic carbocycles. The van der Waals surface area contributed by atoms with E-state index in [1.807, 2.05) is 0 Å². The predicted octanol–water partition coefficient (Wildman–Crippen LogP) is 1.21. The van der Waals surface area contributed by atoms with Crippen molar-refractivity contribution in [2.45, 2.75) is 38.5 Å². The number of aromatic nitrogens is 1. The summed E-state index contributed by atoms with van der Waals surface area (Å²) in [4.78, 5) is 51.2. The number of carboxylic acid groups (broad SMARTS) is 4. The van der Waals surface area contributed by atoms with E-state index >= 15 is 0 Å². The highest BCUT2D eigenvalue weighted by molar-refractivity contribution is 5.98. The minimum absolute atomic E-state index is 0.00650. The molecule has 1 aromatic heterocycles. The van der Waals surface area contributed by atoms with Crippen molar-refractivity contribution in [3.8, 4) is 0 Å². The van der Waals surface area contributed by atoms with Crippen LogP contribution in [0.4, 0.5) is 0 Å². The first-order valence-corrected chi connectivity index (χ1v) is 8.62. The lowest BCUT2D eigenvalue weighted by Crippen LogP contribution is -2.30. The summed E-state index contributed by atoms with van der Waals surface area (Å²) in [6.45, 7) is 6.13. The highest BCUT2D eigenvalue weighted by Gasteiger charge is 2.82. The molecule has 4 atom stereocenters. The van der Waals surface area contributed by atoms with Gasteiger partial charge in [0.25, 0.3) is 0 Å². The van der Waals surface area contributed by atoms with Gasteiger partial charge in [-0.2, -0.15) is 0 Å². The van der Waals surface area contributed by atoms with Crippen molar-refractivity contribution < 1.29 is 39.6 Å². The minimum Gasteiger partial charge on any atom is -0.481 e. The molecule has 1 aromatic rings. The zero-order chi connectivity index (χ0) is 21.4. The van der Waals surface area contributed by atoms with Crippen LogP contribution in [-0.4, -0.2) is 49.3 Å². The number of pyridine rings is 1. The Morgan fingerprint density at radius 1 is 0.786 bits per heavy atom. The van der Waals surface area contributed by atoms with Gasteiger partial charge < -0.3 is 20.4 Å². The van der Waals surface area contributed by atoms with Crippen LogP contribution in [-0.2, 0) is 30.0 Å². The van der Waals surface area contributed by atoms with Crippen molar-refractivity contribution in [2.75, 3.05) is 0 Å². The lowest BCUT2D eigenvalue weighted by Gasteiger charge is -2.18. The number of carbonyl (C=O) groups is 4. The molecule has 0 saturated heterocycles. The minimum atomic E-state index is -1.74. The van der Waals surface area contributed by atoms with Gasteiger partial charge in [0, 0.05) is 17.0 Å². The molecule has 2 fully saturated rings. The summed E-state index contributed by atoms with van der Waals surface area (Å²) >= 11 is 0. The van der Waals surface area contributed by atoms with Crippen LogP contribution in [0.3, 0.4) is 0 Å². The molecule has 0 amide bonds. The molecule has 1 heterocycles. The van der Waals surface area contributed by atoms with Crippen LogP contribution in [0, 0.1) is 22.7 Å². The first-order chi connectivity index (χ1) is 12.7. The van der Waals surface area contributed by atoms with Crippen molar-refractivity contribution in [3.05, 3.63) is 29.6 Å². The van der Waals surface area contributed by atoms with Crippen molar-refractivity contribution in [1.29, 1.82) is 0 Å². The summed E-state index contributed by atoms with van der Waals surface area (Å²) in [5, 5.41) is 38.4. The number of nitrogens with zero attached hydrogens (tertiary/aromatic N) is 1. The van der Waals surface area contributed by atoms with E-state index < -0.39 is 57.4 Å². The van der Waals surface area contributed by atoms with Crippen LogP contribution in [0.25, 0.3) is 0 Å². The summed E-state index contributed by atoms with van der Waals surface area (Å²) in [6, 6.07) is 2.64. The van der Waals surface area contributed by atoms with Crippen molar-refractivity contribution in [1.82, 2.24) is 4.98 Å². The van der Waals surface area contributed by atoms with Gasteiger partial charge in [-0.3, -0.25) is 24.2 Å². The Morgan fingerprint density at radius 3 is 1.50 bits per heavy atom. The van der Waals surface area contributed by atoms with E-state index in [4.69, 9.17) is 0 Å². The number of rotatable bonds is 6. The maximum atomic E-state index is 12.0. The molecule has 0 spiro atoms. The van der Waals surface area contributed by atoms with Crippen LogP contribution in [0.2, 0.25) is 0 Å². The number of aliphatic carboxylic acids is 4. The Hall–Kier alpha value is -2.97. The predicted molar refractivity (Wildman–Crippen MR) is 92.7 cm³/mol. The fourth-order valence-corrected chi connectivity index (χ4v) is 5.42. The van der Waals surface area contributed by atoms with E-state index in [1.165, 1.54) is 39.8 Å². The summed E-state index contributed by atoms with van der Waals surface area (Å²) in [5.41, 5.74) is -5.43. The SMILES string of the molecule is CC1(C)C(C(=O)O)C1(C(=O)O)c1ccc(C2(C(=O)O)C(C(=O)O)C2(C)C)nc1. The van der Waals surface area contributed by atoms with E-state index in [1.54, 1.807) is 0 Å². The van der Waals surface area contributed by atoms with Gasteiger partial charge in [-0.15, -0.1) is 0 Å². The summed E-state index contributed by atoms with van der Waals surface area (Å²) in [6.07, 6.45) is 1.16. The third kappa shape index (κ3) is 1.88. The molecule has 2 aliphatic rings. The Bertz CT molecular complexity index is 843. The van der Waals surface area contributed by atoms with Crippen LogP contribution in [0.15, 0.2) is 18.3 Å². The van der Waals surface area contributed by atoms with E-state index in [2.05, 4.69) is 4.98 Å². The van der Waals surface area contributed by atoms with E-state index in [0.29, 0.717) is 0 Å². The Labute approximate surface area is 160 Å². The molecule has 9 nitrogen and oxygen atoms in total. The van der Waals surface area contributed by atoms with Gasteiger partial charge in [-0.1, -0.05) is 33.8 Å². The van der Waals surface area contributed by atoms with Gasteiger partial charge in [-0.05, 0) is 11.6 Å². The average molecular weight is 391 g/mol. The second-order valence-corrected chi connectivity index (χ2v) is 8.64. The summed E-state index contributed by atoms with van der Waals surface area (Å²) < 4.78 is 0. The van der Waals surface area contributed by atoms with Gasteiger partial charge >= 0.3 is 23.9 Å². The lowest BCUT2D eigenvalue weighted by molar-refractivity contribution is -0.146. The molecule has 3 rings (SSSR count). The molecule has 28 heavy (non-hydrogen) atoms. The number of hydrogen-bond acceptors (Lipinski definition) is 5. The Kier molecular flexibility index (Phi) is 3.75. The number of hydrogen-bond donors (Lipinski definition) is 4. The smallest absolute Gasteiger partial charge is 0.317 e. The second kappa shape index (κ2) is 5.30. The maximum absolute atomic E-state index is 12.0. The van der Waals surface area contributed by atoms with Gasteiger partial charge in [-0.25, -0.2) is 0 Å². The van der Waals surface area contributed by atoms with Gasteiger partial charge in [0.05, 0.1) is 17.5 Å². The Morgan fingerprint density at radius 2 is 1.21 bits per heavy atom. The quantitative estimate of drug-likeness (QED) is 0.558. The first-order valence-electron chi connectivity index (χ1n) is 8.62. The third-order valence-corrected chi connectivity index (χ3v) is 6.97. The molecular weight excluding hydrogens is 370 g/mol. The molecule has 0 aliphatic heterocycles. The van der Waals surface area contributed by atoms with Crippen LogP contribution >= 0.6 is 0 Å². The monoisotopic (exact) mass is 391 g/mol. The lowest BCUT2D eigenvalue weighted by atomic mass is 9.86. The molecule has 4 N–H and O–H groups in total. The van der Waals surface area contributed by atoms with Gasteiger partial charge in [0.15, 0.2) is 0 Å². The van der Waals surface area contributed by atoms with Crippen LogP contribution < -0.4 is 0 Å². The second-order valence-electron chi connectivity index (χ2n) is 8.64. The first kappa shape index (κ1) is 19.8. The maximum Gasteiger partial charge on any atom is 0.317 e. The van der Waals surface area contributed by atoms with Crippen molar-refractivity contribution >= 4 is 23.9 Å². The third-order valence-electron chi connectivity index (χ3n) is 6.97. The van der Waals surface area contributed by atoms with Crippen molar-refractivity contribution in [2.24, 2.45) is 22.7 Å². The average Bonchev–Trinajstić information content (AvgIpc) is 3.30. The molecule has 0 bridgehead atoms. The number of carboxylic acids is 4. The van der Waals surface area contributed by atoms with E-state index in [9.17, 15) is 39.6 Å². The molecule has 0 radical (unpaired) electrons. The van der Waals surface area contributed by atoms with Gasteiger partial charge in [0.2, 0.25) is 0 Å². The fourth-order valence-electron chi connectivity index (χ4n) is 5.42. The molecular formula is C19H21NO8. The zero-order valence-corrected chi connectivity index (χ0v) is 15.8.